The quantitative estimate of drug-likeness (QED) is 0.625. The van der Waals surface area contributed by atoms with Crippen LogP contribution in [0.15, 0.2) is 42.5 Å². The number of ether oxygens (including phenoxy) is 1. The standard InChI is InChI=1S/C20H17Cl2N3O/c1-12-3-4-13(2)19(7-12)26-20-18(24)9-16(10-23)25(20)11-14-5-6-15(21)8-17(14)22/h3-9H,11,24H2,1-2H3. The van der Waals surface area contributed by atoms with Crippen LogP contribution < -0.4 is 10.5 Å². The van der Waals surface area contributed by atoms with Crippen LogP contribution >= 0.6 is 23.2 Å². The molecule has 0 unspecified atom stereocenters. The van der Waals surface area contributed by atoms with E-state index < -0.39 is 0 Å². The molecular weight excluding hydrogens is 369 g/mol. The molecule has 0 fully saturated rings. The van der Waals surface area contributed by atoms with E-state index in [2.05, 4.69) is 6.07 Å². The van der Waals surface area contributed by atoms with Gasteiger partial charge in [-0.25, -0.2) is 0 Å². The van der Waals surface area contributed by atoms with Crippen LogP contribution in [0.5, 0.6) is 11.6 Å². The van der Waals surface area contributed by atoms with Gasteiger partial charge in [0, 0.05) is 16.1 Å². The molecule has 0 bridgehead atoms. The highest BCUT2D eigenvalue weighted by molar-refractivity contribution is 6.35. The van der Waals surface area contributed by atoms with E-state index in [1.54, 1.807) is 22.8 Å². The highest BCUT2D eigenvalue weighted by Gasteiger charge is 2.17. The molecule has 0 saturated carbocycles. The number of anilines is 1. The summed E-state index contributed by atoms with van der Waals surface area (Å²) in [6.07, 6.45) is 0. The molecule has 0 saturated heterocycles. The van der Waals surface area contributed by atoms with Gasteiger partial charge in [-0.2, -0.15) is 5.26 Å². The Hall–Kier alpha value is -2.61. The van der Waals surface area contributed by atoms with Gasteiger partial charge in [0.1, 0.15) is 17.5 Å². The van der Waals surface area contributed by atoms with Gasteiger partial charge < -0.3 is 10.5 Å². The maximum atomic E-state index is 9.48. The zero-order valence-electron chi connectivity index (χ0n) is 14.4. The van der Waals surface area contributed by atoms with E-state index in [0.29, 0.717) is 39.6 Å². The number of nitrogen functional groups attached to an aromatic ring is 1. The van der Waals surface area contributed by atoms with Crippen LogP contribution in [0.25, 0.3) is 0 Å². The Morgan fingerprint density at radius 3 is 2.58 bits per heavy atom. The van der Waals surface area contributed by atoms with Crippen molar-refractivity contribution >= 4 is 28.9 Å². The molecule has 1 heterocycles. The predicted octanol–water partition coefficient (Wildman–Crippen LogP) is 5.71. The van der Waals surface area contributed by atoms with Crippen molar-refractivity contribution in [2.24, 2.45) is 0 Å². The molecule has 0 spiro atoms. The number of nitriles is 1. The number of nitrogens with two attached hydrogens (primary N) is 1. The lowest BCUT2D eigenvalue weighted by Gasteiger charge is -2.15. The summed E-state index contributed by atoms with van der Waals surface area (Å²) >= 11 is 12.3. The highest BCUT2D eigenvalue weighted by Crippen LogP contribution is 2.34. The normalized spacial score (nSPS) is 10.6. The van der Waals surface area contributed by atoms with Gasteiger partial charge >= 0.3 is 0 Å². The number of aryl methyl sites for hydroxylation is 2. The molecule has 132 valence electrons. The molecule has 4 nitrogen and oxygen atoms in total. The molecular formula is C20H17Cl2N3O. The van der Waals surface area contributed by atoms with Gasteiger partial charge in [-0.15, -0.1) is 0 Å². The Balaban J connectivity index is 2.05. The largest absolute Gasteiger partial charge is 0.438 e. The molecule has 0 atom stereocenters. The molecule has 6 heteroatoms. The zero-order valence-corrected chi connectivity index (χ0v) is 15.9. The van der Waals surface area contributed by atoms with Gasteiger partial charge in [-0.05, 0) is 48.7 Å². The van der Waals surface area contributed by atoms with E-state index in [4.69, 9.17) is 33.7 Å². The third kappa shape index (κ3) is 3.65. The summed E-state index contributed by atoms with van der Waals surface area (Å²) in [5.74, 6) is 1.11. The molecule has 26 heavy (non-hydrogen) atoms. The first kappa shape index (κ1) is 18.2. The number of aromatic nitrogens is 1. The third-order valence-electron chi connectivity index (χ3n) is 4.08. The van der Waals surface area contributed by atoms with Gasteiger partial charge in [0.05, 0.1) is 12.2 Å². The van der Waals surface area contributed by atoms with Crippen LogP contribution in [0.2, 0.25) is 10.0 Å². The second-order valence-electron chi connectivity index (χ2n) is 6.09. The summed E-state index contributed by atoms with van der Waals surface area (Å²) in [7, 11) is 0. The predicted molar refractivity (Wildman–Crippen MR) is 105 cm³/mol. The summed E-state index contributed by atoms with van der Waals surface area (Å²) in [6, 6.07) is 14.9. The maximum absolute atomic E-state index is 9.48. The lowest BCUT2D eigenvalue weighted by molar-refractivity contribution is 0.434. The SMILES string of the molecule is Cc1ccc(C)c(Oc2c(N)cc(C#N)n2Cc2ccc(Cl)cc2Cl)c1. The summed E-state index contributed by atoms with van der Waals surface area (Å²) in [5.41, 5.74) is 9.78. The monoisotopic (exact) mass is 385 g/mol. The molecule has 2 aromatic carbocycles. The molecule has 0 aliphatic rings. The van der Waals surface area contributed by atoms with Gasteiger partial charge in [-0.1, -0.05) is 41.4 Å². The Morgan fingerprint density at radius 2 is 1.88 bits per heavy atom. The molecule has 0 amide bonds. The van der Waals surface area contributed by atoms with E-state index in [1.807, 2.05) is 38.1 Å². The van der Waals surface area contributed by atoms with Crippen molar-refractivity contribution in [3.8, 4) is 17.7 Å². The van der Waals surface area contributed by atoms with Crippen LogP contribution in [0.3, 0.4) is 0 Å². The van der Waals surface area contributed by atoms with Gasteiger partial charge in [0.25, 0.3) is 0 Å². The van der Waals surface area contributed by atoms with Crippen molar-refractivity contribution < 1.29 is 4.74 Å². The Morgan fingerprint density at radius 1 is 1.12 bits per heavy atom. The van der Waals surface area contributed by atoms with Crippen LogP contribution in [0.1, 0.15) is 22.4 Å². The summed E-state index contributed by atoms with van der Waals surface area (Å²) in [5, 5.41) is 10.5. The lowest BCUT2D eigenvalue weighted by atomic mass is 10.1. The first-order valence-corrected chi connectivity index (χ1v) is 8.72. The van der Waals surface area contributed by atoms with Crippen molar-refractivity contribution in [2.75, 3.05) is 5.73 Å². The molecule has 0 aliphatic carbocycles. The topological polar surface area (TPSA) is 64.0 Å². The Bertz CT molecular complexity index is 1020. The summed E-state index contributed by atoms with van der Waals surface area (Å²) in [4.78, 5) is 0. The van der Waals surface area contributed by atoms with Gasteiger partial charge in [-0.3, -0.25) is 4.57 Å². The summed E-state index contributed by atoms with van der Waals surface area (Å²) in [6.45, 7) is 4.29. The zero-order chi connectivity index (χ0) is 18.8. The van der Waals surface area contributed by atoms with Crippen LogP contribution in [0, 0.1) is 25.2 Å². The molecule has 3 aromatic rings. The second kappa shape index (κ2) is 7.33. The van der Waals surface area contributed by atoms with Gasteiger partial charge in [0.15, 0.2) is 0 Å². The number of benzene rings is 2. The van der Waals surface area contributed by atoms with E-state index in [0.717, 1.165) is 16.7 Å². The van der Waals surface area contributed by atoms with Crippen LogP contribution in [-0.2, 0) is 6.54 Å². The van der Waals surface area contributed by atoms with Crippen LogP contribution in [-0.4, -0.2) is 4.57 Å². The van der Waals surface area contributed by atoms with E-state index >= 15 is 0 Å². The second-order valence-corrected chi connectivity index (χ2v) is 6.94. The fourth-order valence-electron chi connectivity index (χ4n) is 2.66. The minimum absolute atomic E-state index is 0.344. The maximum Gasteiger partial charge on any atom is 0.224 e. The van der Waals surface area contributed by atoms with Crippen molar-refractivity contribution in [2.45, 2.75) is 20.4 Å². The molecule has 1 aromatic heterocycles. The molecule has 0 radical (unpaired) electrons. The van der Waals surface area contributed by atoms with Crippen molar-refractivity contribution in [3.63, 3.8) is 0 Å². The Labute approximate surface area is 162 Å². The van der Waals surface area contributed by atoms with Crippen molar-refractivity contribution in [1.82, 2.24) is 4.57 Å². The number of halogens is 2. The fraction of sp³-hybridized carbons (Fsp3) is 0.150. The average Bonchev–Trinajstić information content (AvgIpc) is 2.89. The van der Waals surface area contributed by atoms with Crippen LogP contribution in [0.4, 0.5) is 5.69 Å². The van der Waals surface area contributed by atoms with E-state index in [9.17, 15) is 5.26 Å². The van der Waals surface area contributed by atoms with Crippen molar-refractivity contribution in [1.29, 1.82) is 5.26 Å². The first-order chi connectivity index (χ1) is 12.4. The van der Waals surface area contributed by atoms with E-state index in [-0.39, 0.29) is 0 Å². The minimum atomic E-state index is 0.344. The number of hydrogen-bond acceptors (Lipinski definition) is 3. The molecule has 3 rings (SSSR count). The Kier molecular flexibility index (Phi) is 5.13. The summed E-state index contributed by atoms with van der Waals surface area (Å²) < 4.78 is 7.80. The smallest absolute Gasteiger partial charge is 0.224 e. The number of rotatable bonds is 4. The minimum Gasteiger partial charge on any atom is -0.438 e. The third-order valence-corrected chi connectivity index (χ3v) is 4.67. The fourth-order valence-corrected chi connectivity index (χ4v) is 3.13. The highest BCUT2D eigenvalue weighted by atomic mass is 35.5. The lowest BCUT2D eigenvalue weighted by Crippen LogP contribution is -2.06. The first-order valence-electron chi connectivity index (χ1n) is 7.97. The van der Waals surface area contributed by atoms with Gasteiger partial charge in [0.2, 0.25) is 5.88 Å². The average molecular weight is 386 g/mol. The molecule has 0 aliphatic heterocycles. The van der Waals surface area contributed by atoms with Crippen molar-refractivity contribution in [3.05, 3.63) is 74.9 Å². The molecule has 2 N–H and O–H groups in total. The number of hydrogen-bond donors (Lipinski definition) is 1. The number of nitrogens with zero attached hydrogens (tertiary/aromatic N) is 2. The van der Waals surface area contributed by atoms with E-state index in [1.165, 1.54) is 0 Å².